The molecule has 20 heavy (non-hydrogen) atoms. The van der Waals surface area contributed by atoms with Crippen molar-refractivity contribution in [3.05, 3.63) is 23.8 Å². The number of carbonyl (C=O) groups excluding carboxylic acids is 1. The molecular formula is C15H21NO4. The lowest BCUT2D eigenvalue weighted by Crippen LogP contribution is -2.25. The van der Waals surface area contributed by atoms with Crippen LogP contribution in [0.2, 0.25) is 0 Å². The van der Waals surface area contributed by atoms with Crippen molar-refractivity contribution in [2.24, 2.45) is 0 Å². The lowest BCUT2D eigenvalue weighted by Gasteiger charge is -2.06. The third-order valence-corrected chi connectivity index (χ3v) is 3.07. The summed E-state index contributed by atoms with van der Waals surface area (Å²) in [4.78, 5) is 11.7. The predicted octanol–water partition coefficient (Wildman–Crippen LogP) is 1.89. The largest absolute Gasteiger partial charge is 0.454 e. The van der Waals surface area contributed by atoms with Gasteiger partial charge in [0.15, 0.2) is 11.5 Å². The number of hydrogen-bond acceptors (Lipinski definition) is 4. The Bertz CT molecular complexity index is 447. The summed E-state index contributed by atoms with van der Waals surface area (Å²) in [5, 5.41) is 2.89. The summed E-state index contributed by atoms with van der Waals surface area (Å²) in [5.74, 6) is 1.60. The zero-order valence-corrected chi connectivity index (χ0v) is 11.8. The number of amides is 1. The smallest absolute Gasteiger partial charge is 0.231 e. The van der Waals surface area contributed by atoms with Crippen LogP contribution < -0.4 is 14.8 Å². The van der Waals surface area contributed by atoms with E-state index in [0.29, 0.717) is 26.0 Å². The van der Waals surface area contributed by atoms with Gasteiger partial charge >= 0.3 is 0 Å². The normalized spacial score (nSPS) is 12.4. The fourth-order valence-corrected chi connectivity index (χ4v) is 1.99. The third-order valence-electron chi connectivity index (χ3n) is 3.07. The van der Waals surface area contributed by atoms with E-state index >= 15 is 0 Å². The first kappa shape index (κ1) is 14.7. The maximum atomic E-state index is 11.7. The molecule has 0 fully saturated rings. The van der Waals surface area contributed by atoms with E-state index in [0.717, 1.165) is 30.1 Å². The van der Waals surface area contributed by atoms with Crippen LogP contribution in [0, 0.1) is 0 Å². The molecule has 1 aromatic carbocycles. The van der Waals surface area contributed by atoms with Gasteiger partial charge in [0.1, 0.15) is 0 Å². The number of nitrogens with one attached hydrogen (secondary N) is 1. The Kier molecular flexibility index (Phi) is 5.68. The average Bonchev–Trinajstić information content (AvgIpc) is 2.92. The molecule has 1 aliphatic heterocycles. The molecule has 1 heterocycles. The summed E-state index contributed by atoms with van der Waals surface area (Å²) in [6, 6.07) is 5.79. The maximum Gasteiger partial charge on any atom is 0.231 e. The van der Waals surface area contributed by atoms with Crippen molar-refractivity contribution in [3.8, 4) is 11.5 Å². The second-order valence-corrected chi connectivity index (χ2v) is 4.59. The van der Waals surface area contributed by atoms with Crippen LogP contribution in [0.4, 0.5) is 0 Å². The fraction of sp³-hybridized carbons (Fsp3) is 0.533. The Morgan fingerprint density at radius 3 is 3.05 bits per heavy atom. The van der Waals surface area contributed by atoms with Crippen LogP contribution in [0.1, 0.15) is 25.3 Å². The maximum absolute atomic E-state index is 11.7. The van der Waals surface area contributed by atoms with Gasteiger partial charge in [0.2, 0.25) is 12.7 Å². The lowest BCUT2D eigenvalue weighted by atomic mass is 10.1. The zero-order valence-electron chi connectivity index (χ0n) is 11.8. The van der Waals surface area contributed by atoms with Crippen molar-refractivity contribution < 1.29 is 19.0 Å². The zero-order chi connectivity index (χ0) is 14.2. The highest BCUT2D eigenvalue weighted by molar-refractivity contribution is 5.76. The van der Waals surface area contributed by atoms with Gasteiger partial charge < -0.3 is 19.5 Å². The third kappa shape index (κ3) is 4.42. The van der Waals surface area contributed by atoms with Crippen LogP contribution in [0.25, 0.3) is 0 Å². The van der Waals surface area contributed by atoms with E-state index in [2.05, 4.69) is 5.32 Å². The van der Waals surface area contributed by atoms with Crippen molar-refractivity contribution in [1.82, 2.24) is 5.32 Å². The Hall–Kier alpha value is -1.75. The SMILES string of the molecule is CCOCCCNC(=O)CCc1ccc2c(c1)OCO2. The number of benzene rings is 1. The number of fused-ring (bicyclic) bond motifs is 1. The number of rotatable bonds is 8. The molecule has 0 unspecified atom stereocenters. The topological polar surface area (TPSA) is 56.8 Å². The molecule has 0 radical (unpaired) electrons. The second kappa shape index (κ2) is 7.75. The summed E-state index contributed by atoms with van der Waals surface area (Å²) >= 11 is 0. The van der Waals surface area contributed by atoms with E-state index in [1.54, 1.807) is 0 Å². The van der Waals surface area contributed by atoms with Crippen LogP contribution in [0.15, 0.2) is 18.2 Å². The molecule has 0 aromatic heterocycles. The van der Waals surface area contributed by atoms with Gasteiger partial charge in [-0.1, -0.05) is 6.07 Å². The summed E-state index contributed by atoms with van der Waals surface area (Å²) < 4.78 is 15.8. The van der Waals surface area contributed by atoms with Gasteiger partial charge in [-0.3, -0.25) is 4.79 Å². The minimum atomic E-state index is 0.0687. The number of ether oxygens (including phenoxy) is 3. The molecule has 0 saturated heterocycles. The van der Waals surface area contributed by atoms with E-state index in [9.17, 15) is 4.79 Å². The molecule has 0 bridgehead atoms. The second-order valence-electron chi connectivity index (χ2n) is 4.59. The molecule has 5 heteroatoms. The fourth-order valence-electron chi connectivity index (χ4n) is 1.99. The molecule has 1 N–H and O–H groups in total. The van der Waals surface area contributed by atoms with E-state index in [1.165, 1.54) is 0 Å². The first-order valence-electron chi connectivity index (χ1n) is 7.02. The molecule has 0 atom stereocenters. The first-order chi connectivity index (χ1) is 9.79. The first-order valence-corrected chi connectivity index (χ1v) is 7.02. The van der Waals surface area contributed by atoms with Crippen LogP contribution in [0.5, 0.6) is 11.5 Å². The monoisotopic (exact) mass is 279 g/mol. The van der Waals surface area contributed by atoms with Gasteiger partial charge in [-0.15, -0.1) is 0 Å². The number of carbonyl (C=O) groups is 1. The van der Waals surface area contributed by atoms with Crippen molar-refractivity contribution >= 4 is 5.91 Å². The number of aryl methyl sites for hydroxylation is 1. The van der Waals surface area contributed by atoms with Crippen LogP contribution >= 0.6 is 0 Å². The van der Waals surface area contributed by atoms with E-state index in [4.69, 9.17) is 14.2 Å². The Balaban J connectivity index is 1.66. The summed E-state index contributed by atoms with van der Waals surface area (Å²) in [7, 11) is 0. The molecule has 0 saturated carbocycles. The highest BCUT2D eigenvalue weighted by Gasteiger charge is 2.13. The summed E-state index contributed by atoms with van der Waals surface area (Å²) in [6.45, 7) is 4.32. The Morgan fingerprint density at radius 2 is 2.20 bits per heavy atom. The molecule has 1 aliphatic rings. The number of hydrogen-bond donors (Lipinski definition) is 1. The standard InChI is InChI=1S/C15H21NO4/c1-2-18-9-3-8-16-15(17)7-5-12-4-6-13-14(10-12)20-11-19-13/h4,6,10H,2-3,5,7-9,11H2,1H3,(H,16,17). The summed E-state index contributed by atoms with van der Waals surface area (Å²) in [6.07, 6.45) is 2.03. The molecule has 1 amide bonds. The molecule has 1 aromatic rings. The van der Waals surface area contributed by atoms with Crippen molar-refractivity contribution in [3.63, 3.8) is 0 Å². The van der Waals surface area contributed by atoms with Gasteiger partial charge in [-0.25, -0.2) is 0 Å². The van der Waals surface area contributed by atoms with Gasteiger partial charge in [0.25, 0.3) is 0 Å². The molecule has 2 rings (SSSR count). The molecule has 5 nitrogen and oxygen atoms in total. The molecule has 0 spiro atoms. The van der Waals surface area contributed by atoms with Gasteiger partial charge in [0, 0.05) is 26.2 Å². The van der Waals surface area contributed by atoms with Crippen molar-refractivity contribution in [2.75, 3.05) is 26.6 Å². The van der Waals surface area contributed by atoms with Crippen molar-refractivity contribution in [1.29, 1.82) is 0 Å². The van der Waals surface area contributed by atoms with Gasteiger partial charge in [0.05, 0.1) is 0 Å². The van der Waals surface area contributed by atoms with Crippen molar-refractivity contribution in [2.45, 2.75) is 26.2 Å². The Labute approximate surface area is 119 Å². The van der Waals surface area contributed by atoms with Gasteiger partial charge in [-0.05, 0) is 37.5 Å². The van der Waals surface area contributed by atoms with E-state index < -0.39 is 0 Å². The highest BCUT2D eigenvalue weighted by Crippen LogP contribution is 2.32. The molecule has 0 aliphatic carbocycles. The van der Waals surface area contributed by atoms with Crippen LogP contribution in [0.3, 0.4) is 0 Å². The molecule has 110 valence electrons. The van der Waals surface area contributed by atoms with E-state index in [1.807, 2.05) is 25.1 Å². The quantitative estimate of drug-likeness (QED) is 0.738. The Morgan fingerprint density at radius 1 is 1.35 bits per heavy atom. The minimum Gasteiger partial charge on any atom is -0.454 e. The minimum absolute atomic E-state index is 0.0687. The highest BCUT2D eigenvalue weighted by atomic mass is 16.7. The predicted molar refractivity (Wildman–Crippen MR) is 75.0 cm³/mol. The van der Waals surface area contributed by atoms with Crippen LogP contribution in [-0.2, 0) is 16.0 Å². The van der Waals surface area contributed by atoms with Gasteiger partial charge in [-0.2, -0.15) is 0 Å². The lowest BCUT2D eigenvalue weighted by molar-refractivity contribution is -0.121. The van der Waals surface area contributed by atoms with E-state index in [-0.39, 0.29) is 12.7 Å². The van der Waals surface area contributed by atoms with Crippen LogP contribution in [-0.4, -0.2) is 32.5 Å². The molecular weight excluding hydrogens is 258 g/mol. The summed E-state index contributed by atoms with van der Waals surface area (Å²) in [5.41, 5.74) is 1.08. The average molecular weight is 279 g/mol.